The number of halogens is 1. The van der Waals surface area contributed by atoms with Crippen molar-refractivity contribution in [2.75, 3.05) is 38.7 Å². The minimum atomic E-state index is -0.0320. The Hall–Kier alpha value is -2.77. The van der Waals surface area contributed by atoms with E-state index in [0.29, 0.717) is 65.6 Å². The summed E-state index contributed by atoms with van der Waals surface area (Å²) in [6.07, 6.45) is 1.88. The fraction of sp³-hybridized carbons (Fsp3) is 0.417. The summed E-state index contributed by atoms with van der Waals surface area (Å²) in [5, 5.41) is 3.84. The molecule has 1 saturated heterocycles. The van der Waals surface area contributed by atoms with Crippen LogP contribution in [0.25, 0.3) is 11.1 Å². The van der Waals surface area contributed by atoms with Crippen molar-refractivity contribution < 1.29 is 18.7 Å². The number of nitrogens with one attached hydrogen (secondary N) is 1. The summed E-state index contributed by atoms with van der Waals surface area (Å²) >= 11 is 6.05. The summed E-state index contributed by atoms with van der Waals surface area (Å²) in [5.74, 6) is 0.829. The number of amides is 1. The Bertz CT molecular complexity index is 1080. The predicted molar refractivity (Wildman–Crippen MR) is 124 cm³/mol. The number of anilines is 1. The molecule has 1 fully saturated rings. The molecule has 8 heteroatoms. The number of carbonyl (C=O) groups is 1. The molecule has 170 valence electrons. The topological polar surface area (TPSA) is 76.8 Å². The van der Waals surface area contributed by atoms with E-state index in [1.807, 2.05) is 29.2 Å². The van der Waals surface area contributed by atoms with Gasteiger partial charge in [-0.2, -0.15) is 4.98 Å². The van der Waals surface area contributed by atoms with Crippen molar-refractivity contribution in [2.45, 2.75) is 26.3 Å². The zero-order valence-electron chi connectivity index (χ0n) is 18.4. The Morgan fingerprint density at radius 3 is 2.94 bits per heavy atom. The molecule has 0 saturated carbocycles. The van der Waals surface area contributed by atoms with E-state index in [4.69, 9.17) is 25.5 Å². The van der Waals surface area contributed by atoms with Crippen LogP contribution in [-0.2, 0) is 11.3 Å². The van der Waals surface area contributed by atoms with Crippen molar-refractivity contribution >= 4 is 34.6 Å². The Labute approximate surface area is 192 Å². The van der Waals surface area contributed by atoms with Crippen LogP contribution in [0.3, 0.4) is 0 Å². The Balaban J connectivity index is 1.55. The van der Waals surface area contributed by atoms with Crippen molar-refractivity contribution in [2.24, 2.45) is 5.92 Å². The van der Waals surface area contributed by atoms with Crippen LogP contribution in [0.1, 0.15) is 35.7 Å². The molecule has 2 heterocycles. The third kappa shape index (κ3) is 5.16. The Morgan fingerprint density at radius 2 is 2.22 bits per heavy atom. The number of aromatic nitrogens is 1. The van der Waals surface area contributed by atoms with Crippen LogP contribution in [-0.4, -0.2) is 49.2 Å². The van der Waals surface area contributed by atoms with Gasteiger partial charge < -0.3 is 24.1 Å². The molecule has 1 aromatic heterocycles. The average molecular weight is 458 g/mol. The number of benzene rings is 2. The maximum absolute atomic E-state index is 13.3. The van der Waals surface area contributed by atoms with Crippen LogP contribution in [0, 0.1) is 5.92 Å². The maximum atomic E-state index is 13.3. The zero-order chi connectivity index (χ0) is 22.5. The molecular weight excluding hydrogens is 430 g/mol. The standard InChI is InChI=1S/C24H28ClN3O4/c1-3-8-28(14-17-7-9-31-15-17)23(29)18-11-20-22(21(12-18)30-2)32-24(27-20)26-13-16-5-4-6-19(25)10-16/h4-6,10-12,17H,3,7-9,13-15H2,1-2H3,(H,26,27). The first kappa shape index (κ1) is 22.4. The fourth-order valence-electron chi connectivity index (χ4n) is 3.94. The third-order valence-corrected chi connectivity index (χ3v) is 5.77. The van der Waals surface area contributed by atoms with Crippen LogP contribution in [0.5, 0.6) is 5.75 Å². The normalized spacial score (nSPS) is 15.8. The van der Waals surface area contributed by atoms with Gasteiger partial charge in [0.15, 0.2) is 11.3 Å². The van der Waals surface area contributed by atoms with Crippen molar-refractivity contribution in [3.05, 3.63) is 52.5 Å². The van der Waals surface area contributed by atoms with Gasteiger partial charge in [-0.1, -0.05) is 30.7 Å². The Morgan fingerprint density at radius 1 is 1.34 bits per heavy atom. The average Bonchev–Trinajstić information content (AvgIpc) is 3.45. The molecule has 32 heavy (non-hydrogen) atoms. The fourth-order valence-corrected chi connectivity index (χ4v) is 4.16. The molecule has 1 aliphatic heterocycles. The molecule has 0 aliphatic carbocycles. The van der Waals surface area contributed by atoms with Crippen molar-refractivity contribution in [1.29, 1.82) is 0 Å². The lowest BCUT2D eigenvalue weighted by Gasteiger charge is -2.25. The van der Waals surface area contributed by atoms with E-state index >= 15 is 0 Å². The van der Waals surface area contributed by atoms with Crippen LogP contribution < -0.4 is 10.1 Å². The van der Waals surface area contributed by atoms with Crippen molar-refractivity contribution in [1.82, 2.24) is 9.88 Å². The number of methoxy groups -OCH3 is 1. The van der Waals surface area contributed by atoms with E-state index in [9.17, 15) is 4.79 Å². The summed E-state index contributed by atoms with van der Waals surface area (Å²) in [5.41, 5.74) is 2.62. The molecule has 7 nitrogen and oxygen atoms in total. The molecule has 0 radical (unpaired) electrons. The van der Waals surface area contributed by atoms with E-state index in [-0.39, 0.29) is 5.91 Å². The SMILES string of the molecule is CCCN(CC1CCOC1)C(=O)c1cc(OC)c2oc(NCc3cccc(Cl)c3)nc2c1. The van der Waals surface area contributed by atoms with E-state index < -0.39 is 0 Å². The highest BCUT2D eigenvalue weighted by Crippen LogP contribution is 2.31. The zero-order valence-corrected chi connectivity index (χ0v) is 19.2. The molecule has 3 aromatic rings. The summed E-state index contributed by atoms with van der Waals surface area (Å²) in [4.78, 5) is 19.8. The Kier molecular flexibility index (Phi) is 7.17. The minimum Gasteiger partial charge on any atom is -0.493 e. The second kappa shape index (κ2) is 10.2. The summed E-state index contributed by atoms with van der Waals surface area (Å²) in [7, 11) is 1.56. The number of hydrogen-bond donors (Lipinski definition) is 1. The van der Waals surface area contributed by atoms with Gasteiger partial charge in [0.25, 0.3) is 11.9 Å². The largest absolute Gasteiger partial charge is 0.493 e. The van der Waals surface area contributed by atoms with Crippen LogP contribution in [0.15, 0.2) is 40.8 Å². The first-order valence-electron chi connectivity index (χ1n) is 10.9. The lowest BCUT2D eigenvalue weighted by atomic mass is 10.1. The van der Waals surface area contributed by atoms with Crippen LogP contribution in [0.2, 0.25) is 5.02 Å². The van der Waals surface area contributed by atoms with E-state index in [1.165, 1.54) is 0 Å². The van der Waals surface area contributed by atoms with Gasteiger partial charge in [-0.3, -0.25) is 4.79 Å². The van der Waals surface area contributed by atoms with Gasteiger partial charge in [0.2, 0.25) is 0 Å². The highest BCUT2D eigenvalue weighted by molar-refractivity contribution is 6.30. The molecule has 2 aromatic carbocycles. The maximum Gasteiger partial charge on any atom is 0.296 e. The summed E-state index contributed by atoms with van der Waals surface area (Å²) in [6.45, 7) is 5.45. The first-order chi connectivity index (χ1) is 15.6. The lowest BCUT2D eigenvalue weighted by Crippen LogP contribution is -2.36. The molecule has 1 atom stereocenters. The number of nitrogens with zero attached hydrogens (tertiary/aromatic N) is 2. The van der Waals surface area contributed by atoms with Crippen LogP contribution in [0.4, 0.5) is 6.01 Å². The van der Waals surface area contributed by atoms with Gasteiger partial charge in [-0.05, 0) is 42.7 Å². The number of ether oxygens (including phenoxy) is 2. The number of carbonyl (C=O) groups excluding carboxylic acids is 1. The smallest absolute Gasteiger partial charge is 0.296 e. The molecule has 1 amide bonds. The quantitative estimate of drug-likeness (QED) is 0.487. The minimum absolute atomic E-state index is 0.0320. The van der Waals surface area contributed by atoms with E-state index in [1.54, 1.807) is 19.2 Å². The molecular formula is C24H28ClN3O4. The highest BCUT2D eigenvalue weighted by atomic mass is 35.5. The van der Waals surface area contributed by atoms with Gasteiger partial charge in [-0.15, -0.1) is 0 Å². The molecule has 1 aliphatic rings. The van der Waals surface area contributed by atoms with Crippen molar-refractivity contribution in [3.8, 4) is 5.75 Å². The van der Waals surface area contributed by atoms with E-state index in [2.05, 4.69) is 17.2 Å². The lowest BCUT2D eigenvalue weighted by molar-refractivity contribution is 0.0720. The first-order valence-corrected chi connectivity index (χ1v) is 11.3. The van der Waals surface area contributed by atoms with Gasteiger partial charge in [0.05, 0.1) is 13.7 Å². The molecule has 0 bridgehead atoms. The number of rotatable bonds is 9. The summed E-state index contributed by atoms with van der Waals surface area (Å²) < 4.78 is 16.9. The second-order valence-electron chi connectivity index (χ2n) is 8.01. The number of hydrogen-bond acceptors (Lipinski definition) is 6. The van der Waals surface area contributed by atoms with E-state index in [0.717, 1.165) is 25.0 Å². The number of fused-ring (bicyclic) bond motifs is 1. The predicted octanol–water partition coefficient (Wildman–Crippen LogP) is 4.99. The van der Waals surface area contributed by atoms with Crippen molar-refractivity contribution in [3.63, 3.8) is 0 Å². The third-order valence-electron chi connectivity index (χ3n) is 5.54. The highest BCUT2D eigenvalue weighted by Gasteiger charge is 2.24. The molecule has 0 spiro atoms. The van der Waals surface area contributed by atoms with Gasteiger partial charge in [-0.25, -0.2) is 0 Å². The number of oxazole rings is 1. The molecule has 4 rings (SSSR count). The monoisotopic (exact) mass is 457 g/mol. The van der Waals surface area contributed by atoms with Gasteiger partial charge in [0.1, 0.15) is 5.52 Å². The second-order valence-corrected chi connectivity index (χ2v) is 8.45. The molecule has 1 N–H and O–H groups in total. The molecule has 1 unspecified atom stereocenters. The summed E-state index contributed by atoms with van der Waals surface area (Å²) in [6, 6.07) is 11.4. The van der Waals surface area contributed by atoms with Gasteiger partial charge in [0, 0.05) is 42.7 Å². The van der Waals surface area contributed by atoms with Gasteiger partial charge >= 0.3 is 0 Å². The van der Waals surface area contributed by atoms with Crippen LogP contribution >= 0.6 is 11.6 Å².